The molecule has 1 aromatic heterocycles. The van der Waals surface area contributed by atoms with E-state index in [-0.39, 0.29) is 11.9 Å². The molecule has 3 aromatic rings. The molecule has 34 heavy (non-hydrogen) atoms. The maximum atomic E-state index is 13.1. The molecule has 0 spiro atoms. The standard InChI is InChI=1S/C27H31N3O3S/c1-4-33-25(32)24(22-11-7-5-8-12-22)29-17-15-27(16-18-29,26-28-20(2)19-34-26)30(21(3)31)23-13-9-6-10-14-23/h5-14,19,24H,4,15-18H2,1-3H3. The van der Waals surface area contributed by atoms with E-state index in [1.165, 1.54) is 0 Å². The molecular weight excluding hydrogens is 446 g/mol. The first-order valence-electron chi connectivity index (χ1n) is 11.7. The number of piperidine rings is 1. The first-order chi connectivity index (χ1) is 16.5. The molecule has 6 nitrogen and oxygen atoms in total. The van der Waals surface area contributed by atoms with E-state index in [0.717, 1.165) is 22.0 Å². The summed E-state index contributed by atoms with van der Waals surface area (Å²) in [6.45, 7) is 7.03. The van der Waals surface area contributed by atoms with Gasteiger partial charge in [0.15, 0.2) is 0 Å². The Bertz CT molecular complexity index is 1110. The van der Waals surface area contributed by atoms with Crippen molar-refractivity contribution in [3.8, 4) is 0 Å². The van der Waals surface area contributed by atoms with Gasteiger partial charge in [-0.25, -0.2) is 9.78 Å². The van der Waals surface area contributed by atoms with Crippen molar-refractivity contribution in [3.63, 3.8) is 0 Å². The topological polar surface area (TPSA) is 62.7 Å². The summed E-state index contributed by atoms with van der Waals surface area (Å²) in [5.74, 6) is -0.254. The van der Waals surface area contributed by atoms with Crippen molar-refractivity contribution in [2.75, 3.05) is 24.6 Å². The molecule has 0 aliphatic carbocycles. The molecule has 1 amide bonds. The van der Waals surface area contributed by atoms with Crippen LogP contribution in [0, 0.1) is 6.92 Å². The molecule has 1 atom stereocenters. The minimum Gasteiger partial charge on any atom is -0.465 e. The molecule has 7 heteroatoms. The van der Waals surface area contributed by atoms with E-state index in [1.54, 1.807) is 18.3 Å². The monoisotopic (exact) mass is 477 g/mol. The van der Waals surface area contributed by atoms with E-state index in [2.05, 4.69) is 4.90 Å². The van der Waals surface area contributed by atoms with Gasteiger partial charge in [0.1, 0.15) is 16.6 Å². The second-order valence-electron chi connectivity index (χ2n) is 8.62. The Labute approximate surface area is 205 Å². The molecule has 2 heterocycles. The summed E-state index contributed by atoms with van der Waals surface area (Å²) in [4.78, 5) is 35.0. The lowest BCUT2D eigenvalue weighted by molar-refractivity contribution is -0.150. The molecule has 1 unspecified atom stereocenters. The van der Waals surface area contributed by atoms with Gasteiger partial charge in [-0.3, -0.25) is 14.6 Å². The number of likely N-dealkylation sites (tertiary alicyclic amines) is 1. The molecule has 178 valence electrons. The number of anilines is 1. The first-order valence-corrected chi connectivity index (χ1v) is 12.6. The van der Waals surface area contributed by atoms with Crippen LogP contribution in [0.1, 0.15) is 49.0 Å². The van der Waals surface area contributed by atoms with Gasteiger partial charge in [-0.2, -0.15) is 0 Å². The van der Waals surface area contributed by atoms with Crippen molar-refractivity contribution in [3.05, 3.63) is 82.3 Å². The van der Waals surface area contributed by atoms with Gasteiger partial charge >= 0.3 is 5.97 Å². The van der Waals surface area contributed by atoms with Gasteiger partial charge in [0, 0.05) is 36.8 Å². The van der Waals surface area contributed by atoms with Crippen LogP contribution in [0.2, 0.25) is 0 Å². The second kappa shape index (κ2) is 10.5. The molecule has 0 saturated carbocycles. The van der Waals surface area contributed by atoms with Crippen molar-refractivity contribution < 1.29 is 14.3 Å². The number of benzene rings is 2. The van der Waals surface area contributed by atoms with E-state index in [9.17, 15) is 9.59 Å². The summed E-state index contributed by atoms with van der Waals surface area (Å²) in [5.41, 5.74) is 2.16. The normalized spacial score (nSPS) is 16.6. The summed E-state index contributed by atoms with van der Waals surface area (Å²) in [5, 5.41) is 2.98. The summed E-state index contributed by atoms with van der Waals surface area (Å²) in [6.07, 6.45) is 1.33. The summed E-state index contributed by atoms with van der Waals surface area (Å²) in [6, 6.07) is 19.1. The molecule has 0 N–H and O–H groups in total. The maximum absolute atomic E-state index is 13.1. The molecule has 2 aromatic carbocycles. The van der Waals surface area contributed by atoms with E-state index in [0.29, 0.717) is 32.5 Å². The number of hydrogen-bond acceptors (Lipinski definition) is 6. The molecule has 1 aliphatic heterocycles. The van der Waals surface area contributed by atoms with Gasteiger partial charge in [0.2, 0.25) is 5.91 Å². The van der Waals surface area contributed by atoms with E-state index in [4.69, 9.17) is 9.72 Å². The number of ether oxygens (including phenoxy) is 1. The SMILES string of the molecule is CCOC(=O)C(c1ccccc1)N1CCC(c2nc(C)cs2)(N(C(C)=O)c2ccccc2)CC1. The summed E-state index contributed by atoms with van der Waals surface area (Å²) < 4.78 is 5.45. The largest absolute Gasteiger partial charge is 0.465 e. The lowest BCUT2D eigenvalue weighted by Gasteiger charge is -2.48. The number of esters is 1. The number of aromatic nitrogens is 1. The fourth-order valence-corrected chi connectivity index (χ4v) is 5.96. The Hall–Kier alpha value is -3.03. The van der Waals surface area contributed by atoms with Gasteiger partial charge in [0.05, 0.1) is 6.61 Å². The van der Waals surface area contributed by atoms with Crippen LogP contribution in [0.5, 0.6) is 0 Å². The lowest BCUT2D eigenvalue weighted by atomic mass is 9.84. The third-order valence-corrected chi connectivity index (χ3v) is 7.54. The van der Waals surface area contributed by atoms with E-state index >= 15 is 0 Å². The molecule has 0 radical (unpaired) electrons. The third kappa shape index (κ3) is 4.76. The minimum atomic E-state index is -0.571. The summed E-state index contributed by atoms with van der Waals surface area (Å²) in [7, 11) is 0. The van der Waals surface area contributed by atoms with Crippen molar-refractivity contribution >= 4 is 28.9 Å². The number of rotatable bonds is 7. The van der Waals surface area contributed by atoms with Crippen molar-refractivity contribution in [1.82, 2.24) is 9.88 Å². The average molecular weight is 478 g/mol. The van der Waals surface area contributed by atoms with Gasteiger partial charge in [0.25, 0.3) is 0 Å². The number of aryl methyl sites for hydroxylation is 1. The van der Waals surface area contributed by atoms with Crippen LogP contribution in [0.4, 0.5) is 5.69 Å². The highest BCUT2D eigenvalue weighted by Gasteiger charge is 2.47. The third-order valence-electron chi connectivity index (χ3n) is 6.39. The lowest BCUT2D eigenvalue weighted by Crippen LogP contribution is -2.56. The van der Waals surface area contributed by atoms with Crippen LogP contribution in [0.3, 0.4) is 0 Å². The molecule has 1 saturated heterocycles. The second-order valence-corrected chi connectivity index (χ2v) is 9.47. The highest BCUT2D eigenvalue weighted by Crippen LogP contribution is 2.44. The quantitative estimate of drug-likeness (QED) is 0.443. The predicted octanol–water partition coefficient (Wildman–Crippen LogP) is 5.10. The van der Waals surface area contributed by atoms with Gasteiger partial charge in [-0.1, -0.05) is 48.5 Å². The molecular formula is C27H31N3O3S. The Balaban J connectivity index is 1.70. The predicted molar refractivity (Wildman–Crippen MR) is 135 cm³/mol. The van der Waals surface area contributed by atoms with Crippen LogP contribution < -0.4 is 4.90 Å². The number of hydrogen-bond donors (Lipinski definition) is 0. The summed E-state index contributed by atoms with van der Waals surface area (Å²) >= 11 is 1.60. The molecule has 1 aliphatic rings. The smallest absolute Gasteiger partial charge is 0.327 e. The maximum Gasteiger partial charge on any atom is 0.327 e. The van der Waals surface area contributed by atoms with Gasteiger partial charge in [-0.15, -0.1) is 11.3 Å². The highest BCUT2D eigenvalue weighted by atomic mass is 32.1. The average Bonchev–Trinajstić information content (AvgIpc) is 3.29. The van der Waals surface area contributed by atoms with Gasteiger partial charge < -0.3 is 4.74 Å². The van der Waals surface area contributed by atoms with E-state index < -0.39 is 11.6 Å². The molecule has 0 bridgehead atoms. The van der Waals surface area contributed by atoms with Gasteiger partial charge in [-0.05, 0) is 44.4 Å². The molecule has 4 rings (SSSR count). The fraction of sp³-hybridized carbons (Fsp3) is 0.370. The zero-order valence-electron chi connectivity index (χ0n) is 19.9. The van der Waals surface area contributed by atoms with Crippen LogP contribution >= 0.6 is 11.3 Å². The van der Waals surface area contributed by atoms with E-state index in [1.807, 2.05) is 84.8 Å². The molecule has 1 fully saturated rings. The minimum absolute atomic E-state index is 0.0162. The zero-order chi connectivity index (χ0) is 24.1. The first kappa shape index (κ1) is 24.1. The fourth-order valence-electron chi connectivity index (χ4n) is 4.91. The highest BCUT2D eigenvalue weighted by molar-refractivity contribution is 7.09. The van der Waals surface area contributed by atoms with Crippen LogP contribution in [0.15, 0.2) is 66.0 Å². The Morgan fingerprint density at radius 3 is 2.24 bits per heavy atom. The Morgan fingerprint density at radius 1 is 1.09 bits per heavy atom. The van der Waals surface area contributed by atoms with Crippen LogP contribution in [-0.2, 0) is 19.9 Å². The number of carbonyl (C=O) groups is 2. The zero-order valence-corrected chi connectivity index (χ0v) is 20.8. The van der Waals surface area contributed by atoms with Crippen molar-refractivity contribution in [2.45, 2.75) is 45.2 Å². The van der Waals surface area contributed by atoms with Crippen LogP contribution in [-0.4, -0.2) is 41.5 Å². The number of thiazole rings is 1. The number of para-hydroxylation sites is 1. The number of carbonyl (C=O) groups excluding carboxylic acids is 2. The van der Waals surface area contributed by atoms with Crippen LogP contribution in [0.25, 0.3) is 0 Å². The Morgan fingerprint density at radius 2 is 1.71 bits per heavy atom. The van der Waals surface area contributed by atoms with Crippen molar-refractivity contribution in [2.24, 2.45) is 0 Å². The van der Waals surface area contributed by atoms with Crippen molar-refractivity contribution in [1.29, 1.82) is 0 Å². The Kier molecular flexibility index (Phi) is 7.44. The number of nitrogens with zero attached hydrogens (tertiary/aromatic N) is 3. The number of amides is 1.